The van der Waals surface area contributed by atoms with Crippen molar-refractivity contribution in [1.82, 2.24) is 0 Å². The maximum absolute atomic E-state index is 12.3. The van der Waals surface area contributed by atoms with E-state index in [1.165, 1.54) is 11.1 Å². The van der Waals surface area contributed by atoms with E-state index in [1.54, 1.807) is 0 Å². The molecule has 2 nitrogen and oxygen atoms in total. The second kappa shape index (κ2) is 5.99. The minimum atomic E-state index is -0.0253. The van der Waals surface area contributed by atoms with Gasteiger partial charge in [0.1, 0.15) is 0 Å². The Hall–Kier alpha value is -1.66. The van der Waals surface area contributed by atoms with Crippen LogP contribution in [-0.2, 0) is 11.2 Å². The van der Waals surface area contributed by atoms with E-state index in [4.69, 9.17) is 0 Å². The van der Waals surface area contributed by atoms with Crippen LogP contribution >= 0.6 is 9.24 Å². The molecule has 3 unspecified atom stereocenters. The number of nitrogens with zero attached hydrogens (tertiary/aromatic N) is 1. The number of hydrogen-bond acceptors (Lipinski definition) is 1. The molecule has 3 rings (SSSR count). The van der Waals surface area contributed by atoms with Gasteiger partial charge in [-0.1, -0.05) is 55.8 Å². The fraction of sp³-hybridized carbons (Fsp3) is 0.278. The van der Waals surface area contributed by atoms with Crippen LogP contribution in [-0.4, -0.2) is 11.6 Å². The third-order valence-corrected chi connectivity index (χ3v) is 4.68. The van der Waals surface area contributed by atoms with E-state index in [0.717, 1.165) is 18.5 Å². The monoisotopic (exact) mass is 297 g/mol. The van der Waals surface area contributed by atoms with Crippen LogP contribution in [0.25, 0.3) is 0 Å². The largest absolute Gasteiger partial charge is 0.303 e. The first-order chi connectivity index (χ1) is 10.2. The van der Waals surface area contributed by atoms with Gasteiger partial charge in [-0.3, -0.25) is 4.79 Å². The molecule has 3 atom stereocenters. The molecule has 2 aromatic carbocycles. The van der Waals surface area contributed by atoms with E-state index in [1.807, 2.05) is 23.1 Å². The summed E-state index contributed by atoms with van der Waals surface area (Å²) < 4.78 is 0. The summed E-state index contributed by atoms with van der Waals surface area (Å²) in [6.07, 6.45) is 2.23. The van der Waals surface area contributed by atoms with Crippen LogP contribution in [0.3, 0.4) is 0 Å². The van der Waals surface area contributed by atoms with Crippen LogP contribution in [0.1, 0.15) is 30.5 Å². The summed E-state index contributed by atoms with van der Waals surface area (Å²) in [4.78, 5) is 14.2. The lowest BCUT2D eigenvalue weighted by atomic mass is 9.92. The Bertz CT molecular complexity index is 623. The molecule has 108 valence electrons. The standard InChI is InChI=1S/C18H20NOP/c1-2-6-13-9-11-15(12-10-13)19-16(17(21)18(19)20)14-7-4-3-5-8-14/h3-5,7-12,16-17H,2,6,21H2,1H3. The highest BCUT2D eigenvalue weighted by molar-refractivity contribution is 7.20. The summed E-state index contributed by atoms with van der Waals surface area (Å²) in [7, 11) is 2.68. The van der Waals surface area contributed by atoms with Gasteiger partial charge in [0.05, 0.1) is 11.7 Å². The van der Waals surface area contributed by atoms with Crippen molar-refractivity contribution in [1.29, 1.82) is 0 Å². The first-order valence-electron chi connectivity index (χ1n) is 7.45. The zero-order chi connectivity index (χ0) is 14.8. The first-order valence-corrected chi connectivity index (χ1v) is 8.11. The van der Waals surface area contributed by atoms with Gasteiger partial charge >= 0.3 is 0 Å². The summed E-state index contributed by atoms with van der Waals surface area (Å²) in [6.45, 7) is 2.18. The van der Waals surface area contributed by atoms with E-state index in [9.17, 15) is 4.79 Å². The van der Waals surface area contributed by atoms with Crippen molar-refractivity contribution in [2.24, 2.45) is 0 Å². The minimum absolute atomic E-state index is 0.0253. The van der Waals surface area contributed by atoms with Gasteiger partial charge < -0.3 is 4.90 Å². The predicted molar refractivity (Wildman–Crippen MR) is 90.6 cm³/mol. The van der Waals surface area contributed by atoms with Gasteiger partial charge in [-0.25, -0.2) is 0 Å². The summed E-state index contributed by atoms with van der Waals surface area (Å²) >= 11 is 0. The second-order valence-corrected chi connectivity index (χ2v) is 6.22. The van der Waals surface area contributed by atoms with Gasteiger partial charge in [-0.15, -0.1) is 9.24 Å². The number of hydrogen-bond donors (Lipinski definition) is 0. The van der Waals surface area contributed by atoms with E-state index in [0.29, 0.717) is 0 Å². The zero-order valence-corrected chi connectivity index (χ0v) is 13.4. The molecule has 3 heteroatoms. The van der Waals surface area contributed by atoms with Crippen LogP contribution in [0.2, 0.25) is 0 Å². The Morgan fingerprint density at radius 2 is 1.71 bits per heavy atom. The summed E-state index contributed by atoms with van der Waals surface area (Å²) in [5, 5.41) is 0. The van der Waals surface area contributed by atoms with Crippen molar-refractivity contribution in [2.45, 2.75) is 31.5 Å². The lowest BCUT2D eigenvalue weighted by Crippen LogP contribution is -2.56. The molecule has 0 aliphatic carbocycles. The Labute approximate surface area is 128 Å². The molecule has 0 bridgehead atoms. The number of aryl methyl sites for hydroxylation is 1. The zero-order valence-electron chi connectivity index (χ0n) is 12.2. The topological polar surface area (TPSA) is 20.3 Å². The van der Waals surface area contributed by atoms with Gasteiger partial charge in [0.15, 0.2) is 0 Å². The van der Waals surface area contributed by atoms with Crippen LogP contribution in [0.4, 0.5) is 5.69 Å². The molecule has 0 radical (unpaired) electrons. The van der Waals surface area contributed by atoms with E-state index in [2.05, 4.69) is 52.6 Å². The fourth-order valence-corrected chi connectivity index (χ4v) is 3.47. The summed E-state index contributed by atoms with van der Waals surface area (Å²) in [5.74, 6) is 0.178. The quantitative estimate of drug-likeness (QED) is 0.617. The number of rotatable bonds is 4. The molecule has 1 aliphatic heterocycles. The molecule has 0 aromatic heterocycles. The number of anilines is 1. The van der Waals surface area contributed by atoms with Crippen LogP contribution in [0.5, 0.6) is 0 Å². The predicted octanol–water partition coefficient (Wildman–Crippen LogP) is 3.97. The Kier molecular flexibility index (Phi) is 4.07. The molecule has 1 heterocycles. The molecular weight excluding hydrogens is 277 g/mol. The lowest BCUT2D eigenvalue weighted by Gasteiger charge is -2.46. The smallest absolute Gasteiger partial charge is 0.236 e. The van der Waals surface area contributed by atoms with Crippen molar-refractivity contribution in [3.05, 3.63) is 65.7 Å². The van der Waals surface area contributed by atoms with Crippen molar-refractivity contribution in [3.63, 3.8) is 0 Å². The van der Waals surface area contributed by atoms with Crippen LogP contribution in [0, 0.1) is 0 Å². The second-order valence-electron chi connectivity index (χ2n) is 5.51. The third-order valence-electron chi connectivity index (χ3n) is 4.04. The van der Waals surface area contributed by atoms with Gasteiger partial charge in [0, 0.05) is 5.69 Å². The van der Waals surface area contributed by atoms with E-state index in [-0.39, 0.29) is 17.6 Å². The Morgan fingerprint density at radius 1 is 1.05 bits per heavy atom. The molecule has 1 amide bonds. The van der Waals surface area contributed by atoms with Gasteiger partial charge in [-0.2, -0.15) is 0 Å². The first kappa shape index (κ1) is 14.3. The number of carbonyl (C=O) groups is 1. The van der Waals surface area contributed by atoms with Crippen molar-refractivity contribution in [3.8, 4) is 0 Å². The maximum atomic E-state index is 12.3. The van der Waals surface area contributed by atoms with E-state index < -0.39 is 0 Å². The van der Waals surface area contributed by atoms with E-state index >= 15 is 0 Å². The number of amides is 1. The fourth-order valence-electron chi connectivity index (χ4n) is 2.92. The average Bonchev–Trinajstić information content (AvgIpc) is 2.54. The molecule has 1 aliphatic rings. The molecule has 0 saturated carbocycles. The normalized spacial score (nSPS) is 21.2. The van der Waals surface area contributed by atoms with Gasteiger partial charge in [0.2, 0.25) is 5.91 Å². The number of β-lactam (4-membered cyclic amide) rings is 1. The average molecular weight is 297 g/mol. The number of benzene rings is 2. The van der Waals surface area contributed by atoms with Gasteiger partial charge in [-0.05, 0) is 29.7 Å². The maximum Gasteiger partial charge on any atom is 0.236 e. The van der Waals surface area contributed by atoms with Gasteiger partial charge in [0.25, 0.3) is 0 Å². The van der Waals surface area contributed by atoms with Crippen LogP contribution < -0.4 is 4.90 Å². The molecule has 0 N–H and O–H groups in total. The summed E-state index contributed by atoms with van der Waals surface area (Å²) in [5.41, 5.74) is 3.48. The minimum Gasteiger partial charge on any atom is -0.303 e. The molecule has 2 aromatic rings. The summed E-state index contributed by atoms with van der Waals surface area (Å²) in [6, 6.07) is 18.8. The lowest BCUT2D eigenvalue weighted by molar-refractivity contribution is -0.123. The molecule has 0 spiro atoms. The molecule has 1 fully saturated rings. The molecule has 21 heavy (non-hydrogen) atoms. The van der Waals surface area contributed by atoms with Crippen LogP contribution in [0.15, 0.2) is 54.6 Å². The van der Waals surface area contributed by atoms with Crippen molar-refractivity contribution in [2.75, 3.05) is 4.90 Å². The Balaban J connectivity index is 1.87. The third kappa shape index (κ3) is 2.61. The highest BCUT2D eigenvalue weighted by atomic mass is 31.0. The Morgan fingerprint density at radius 3 is 2.33 bits per heavy atom. The van der Waals surface area contributed by atoms with Crippen molar-refractivity contribution >= 4 is 20.8 Å². The molecular formula is C18H20NOP. The highest BCUT2D eigenvalue weighted by Crippen LogP contribution is 2.42. The number of carbonyl (C=O) groups excluding carboxylic acids is 1. The SMILES string of the molecule is CCCc1ccc(N2C(=O)C(P)C2c2ccccc2)cc1. The van der Waals surface area contributed by atoms with Crippen molar-refractivity contribution < 1.29 is 4.79 Å². The highest BCUT2D eigenvalue weighted by Gasteiger charge is 2.45. The molecule has 1 saturated heterocycles.